The van der Waals surface area contributed by atoms with Gasteiger partial charge in [0, 0.05) is 11.8 Å². The van der Waals surface area contributed by atoms with E-state index in [1.54, 1.807) is 18.3 Å². The van der Waals surface area contributed by atoms with Gasteiger partial charge in [-0.25, -0.2) is 0 Å². The van der Waals surface area contributed by atoms with Crippen LogP contribution in [-0.4, -0.2) is 23.4 Å². The average molecular weight is 341 g/mol. The molecular weight excluding hydrogens is 318 g/mol. The van der Waals surface area contributed by atoms with E-state index in [9.17, 15) is 9.59 Å². The minimum atomic E-state index is -0.692. The molecule has 2 N–H and O–H groups in total. The topological polar surface area (TPSA) is 80.3 Å². The fourth-order valence-corrected chi connectivity index (χ4v) is 2.39. The number of aryl methyl sites for hydroxylation is 1. The van der Waals surface area contributed by atoms with Crippen molar-refractivity contribution in [3.8, 4) is 5.75 Å². The molecule has 0 aliphatic heterocycles. The highest BCUT2D eigenvalue weighted by Gasteiger charge is 2.19. The van der Waals surface area contributed by atoms with Gasteiger partial charge in [0.25, 0.3) is 0 Å². The van der Waals surface area contributed by atoms with E-state index in [4.69, 9.17) is 4.74 Å². The van der Waals surface area contributed by atoms with Crippen molar-refractivity contribution >= 4 is 11.8 Å². The fraction of sp³-hybridized carbons (Fsp3) is 0.316. The van der Waals surface area contributed by atoms with Gasteiger partial charge in [0.2, 0.25) is 0 Å². The van der Waals surface area contributed by atoms with Gasteiger partial charge in [-0.05, 0) is 39.0 Å². The number of aromatic nitrogens is 1. The summed E-state index contributed by atoms with van der Waals surface area (Å²) >= 11 is 0. The quantitative estimate of drug-likeness (QED) is 0.790. The number of nitrogens with zero attached hydrogens (tertiary/aromatic N) is 1. The third kappa shape index (κ3) is 5.31. The third-order valence-electron chi connectivity index (χ3n) is 3.64. The van der Waals surface area contributed by atoms with Crippen molar-refractivity contribution in [3.05, 3.63) is 59.4 Å². The van der Waals surface area contributed by atoms with Crippen LogP contribution in [0.1, 0.15) is 36.7 Å². The smallest absolute Gasteiger partial charge is 0.309 e. The van der Waals surface area contributed by atoms with Gasteiger partial charge in [-0.2, -0.15) is 0 Å². The predicted molar refractivity (Wildman–Crippen MR) is 95.0 cm³/mol. The average Bonchev–Trinajstić information content (AvgIpc) is 2.62. The van der Waals surface area contributed by atoms with Crippen LogP contribution >= 0.6 is 0 Å². The predicted octanol–water partition coefficient (Wildman–Crippen LogP) is 2.28. The summed E-state index contributed by atoms with van der Waals surface area (Å²) in [7, 11) is 0. The van der Waals surface area contributed by atoms with Gasteiger partial charge in [0.1, 0.15) is 5.75 Å². The van der Waals surface area contributed by atoms with Crippen LogP contribution in [-0.2, 0) is 16.1 Å². The molecule has 0 spiro atoms. The van der Waals surface area contributed by atoms with Crippen molar-refractivity contribution in [1.82, 2.24) is 15.6 Å². The molecule has 6 heteroatoms. The second-order valence-electron chi connectivity index (χ2n) is 5.67. The maximum Gasteiger partial charge on any atom is 0.309 e. The maximum absolute atomic E-state index is 12.1. The Bertz CT molecular complexity index is 732. The molecule has 0 saturated carbocycles. The van der Waals surface area contributed by atoms with Crippen LogP contribution in [0.3, 0.4) is 0 Å². The summed E-state index contributed by atoms with van der Waals surface area (Å²) < 4.78 is 5.60. The summed E-state index contributed by atoms with van der Waals surface area (Å²) in [5.41, 5.74) is 2.58. The van der Waals surface area contributed by atoms with Gasteiger partial charge in [0.15, 0.2) is 0 Å². The first-order valence-electron chi connectivity index (χ1n) is 8.23. The first-order valence-corrected chi connectivity index (χ1v) is 8.23. The number of pyridine rings is 1. The molecule has 0 radical (unpaired) electrons. The molecule has 1 atom stereocenters. The molecule has 1 heterocycles. The first kappa shape index (κ1) is 18.4. The Morgan fingerprint density at radius 2 is 2.00 bits per heavy atom. The van der Waals surface area contributed by atoms with Gasteiger partial charge in [0.05, 0.1) is 24.9 Å². The molecule has 2 amide bonds. The minimum Gasteiger partial charge on any atom is -0.494 e. The molecular formula is C19H23N3O3. The highest BCUT2D eigenvalue weighted by Crippen LogP contribution is 2.26. The van der Waals surface area contributed by atoms with Crippen LogP contribution in [0.4, 0.5) is 0 Å². The highest BCUT2D eigenvalue weighted by atomic mass is 16.5. The minimum absolute atomic E-state index is 0.204. The third-order valence-corrected chi connectivity index (χ3v) is 3.64. The number of carbonyl (C=O) groups excluding carboxylic acids is 2. The summed E-state index contributed by atoms with van der Waals surface area (Å²) in [5, 5.41) is 5.27. The van der Waals surface area contributed by atoms with Crippen LogP contribution in [0.5, 0.6) is 5.75 Å². The Morgan fingerprint density at radius 1 is 1.20 bits per heavy atom. The van der Waals surface area contributed by atoms with Crippen LogP contribution < -0.4 is 15.4 Å². The molecule has 2 rings (SSSR count). The number of carbonyl (C=O) groups is 2. The lowest BCUT2D eigenvalue weighted by Gasteiger charge is -2.18. The fourth-order valence-electron chi connectivity index (χ4n) is 2.39. The molecule has 25 heavy (non-hydrogen) atoms. The van der Waals surface area contributed by atoms with Gasteiger partial charge >= 0.3 is 11.8 Å². The van der Waals surface area contributed by atoms with E-state index < -0.39 is 11.8 Å². The summed E-state index contributed by atoms with van der Waals surface area (Å²) in [6.45, 7) is 6.42. The molecule has 132 valence electrons. The van der Waals surface area contributed by atoms with E-state index >= 15 is 0 Å². The number of ether oxygens (including phenoxy) is 1. The molecule has 0 saturated heterocycles. The zero-order valence-electron chi connectivity index (χ0n) is 14.7. The molecule has 2 aromatic rings. The number of amides is 2. The Morgan fingerprint density at radius 3 is 2.68 bits per heavy atom. The molecule has 0 aliphatic rings. The van der Waals surface area contributed by atoms with Gasteiger partial charge in [-0.3, -0.25) is 14.6 Å². The number of hydrogen-bond donors (Lipinski definition) is 2. The van der Waals surface area contributed by atoms with Gasteiger partial charge < -0.3 is 15.4 Å². The van der Waals surface area contributed by atoms with Crippen molar-refractivity contribution < 1.29 is 14.3 Å². The Kier molecular flexibility index (Phi) is 6.51. The van der Waals surface area contributed by atoms with Crippen molar-refractivity contribution in [1.29, 1.82) is 0 Å². The summed E-state index contributed by atoms with van der Waals surface area (Å²) in [4.78, 5) is 28.2. The number of nitrogens with one attached hydrogen (secondary N) is 2. The van der Waals surface area contributed by atoms with E-state index in [1.807, 2.05) is 45.0 Å². The van der Waals surface area contributed by atoms with Crippen LogP contribution in [0.25, 0.3) is 0 Å². The Labute approximate surface area is 147 Å². The van der Waals surface area contributed by atoms with E-state index in [1.165, 1.54) is 0 Å². The SMILES string of the molecule is CCOc1ccc(C)cc1C(C)NC(=O)C(=O)NCc1ccccn1. The van der Waals surface area contributed by atoms with Crippen LogP contribution in [0, 0.1) is 6.92 Å². The first-order chi connectivity index (χ1) is 12.0. The second-order valence-corrected chi connectivity index (χ2v) is 5.67. The molecule has 0 aliphatic carbocycles. The highest BCUT2D eigenvalue weighted by molar-refractivity contribution is 6.35. The Balaban J connectivity index is 1.97. The normalized spacial score (nSPS) is 11.5. The van der Waals surface area contributed by atoms with Crippen LogP contribution in [0.2, 0.25) is 0 Å². The number of benzene rings is 1. The molecule has 0 bridgehead atoms. The van der Waals surface area contributed by atoms with Crippen molar-refractivity contribution in [3.63, 3.8) is 0 Å². The zero-order valence-corrected chi connectivity index (χ0v) is 14.7. The van der Waals surface area contributed by atoms with E-state index in [2.05, 4.69) is 15.6 Å². The summed E-state index contributed by atoms with van der Waals surface area (Å²) in [5.74, 6) is -0.676. The van der Waals surface area contributed by atoms with E-state index in [0.29, 0.717) is 18.1 Å². The Hall–Kier alpha value is -2.89. The number of hydrogen-bond acceptors (Lipinski definition) is 4. The van der Waals surface area contributed by atoms with E-state index in [0.717, 1.165) is 11.1 Å². The lowest BCUT2D eigenvalue weighted by atomic mass is 10.0. The van der Waals surface area contributed by atoms with Crippen molar-refractivity contribution in [2.24, 2.45) is 0 Å². The molecule has 1 aromatic carbocycles. The lowest BCUT2D eigenvalue weighted by Crippen LogP contribution is -2.40. The lowest BCUT2D eigenvalue weighted by molar-refractivity contribution is -0.139. The number of rotatable bonds is 6. The van der Waals surface area contributed by atoms with Crippen molar-refractivity contribution in [2.45, 2.75) is 33.4 Å². The molecule has 1 unspecified atom stereocenters. The largest absolute Gasteiger partial charge is 0.494 e. The summed E-state index contributed by atoms with van der Waals surface area (Å²) in [6.07, 6.45) is 1.64. The molecule has 0 fully saturated rings. The maximum atomic E-state index is 12.1. The van der Waals surface area contributed by atoms with Crippen LogP contribution in [0.15, 0.2) is 42.6 Å². The molecule has 1 aromatic heterocycles. The summed E-state index contributed by atoms with van der Waals surface area (Å²) in [6, 6.07) is 10.8. The monoisotopic (exact) mass is 341 g/mol. The van der Waals surface area contributed by atoms with Gasteiger partial charge in [-0.15, -0.1) is 0 Å². The second kappa shape index (κ2) is 8.82. The standard InChI is InChI=1S/C19H23N3O3/c1-4-25-17-9-8-13(2)11-16(17)14(3)22-19(24)18(23)21-12-15-7-5-6-10-20-15/h5-11,14H,4,12H2,1-3H3,(H,21,23)(H,22,24). The zero-order chi connectivity index (χ0) is 18.2. The van der Waals surface area contributed by atoms with Gasteiger partial charge in [-0.1, -0.05) is 23.8 Å². The van der Waals surface area contributed by atoms with Crippen molar-refractivity contribution in [2.75, 3.05) is 6.61 Å². The van der Waals surface area contributed by atoms with E-state index in [-0.39, 0.29) is 12.6 Å². The molecule has 6 nitrogen and oxygen atoms in total.